The van der Waals surface area contributed by atoms with E-state index in [-0.39, 0.29) is 18.0 Å². The number of rotatable bonds is 3. The van der Waals surface area contributed by atoms with E-state index < -0.39 is 0 Å². The van der Waals surface area contributed by atoms with E-state index >= 15 is 0 Å². The topological polar surface area (TPSA) is 87.8 Å². The highest BCUT2D eigenvalue weighted by molar-refractivity contribution is 5.91. The Labute approximate surface area is 131 Å². The second kappa shape index (κ2) is 6.12. The number of amides is 1. The van der Waals surface area contributed by atoms with Crippen LogP contribution >= 0.6 is 0 Å². The molecule has 6 heteroatoms. The summed E-state index contributed by atoms with van der Waals surface area (Å²) >= 11 is 0. The van der Waals surface area contributed by atoms with Crippen LogP contribution in [0.3, 0.4) is 0 Å². The molecule has 1 heterocycles. The number of fused-ring (bicyclic) bond motifs is 1. The number of carbonyl (C=O) groups is 1. The molecule has 0 unspecified atom stereocenters. The van der Waals surface area contributed by atoms with Crippen molar-refractivity contribution in [2.75, 3.05) is 5.32 Å². The number of para-hydroxylation sites is 1. The number of carbonyl (C=O) groups excluding carboxylic acids is 1. The number of hydrogen-bond donors (Lipinski definition) is 1. The number of nitrogens with one attached hydrogen (secondary N) is 1. The Morgan fingerprint density at radius 1 is 1.22 bits per heavy atom. The second-order valence-corrected chi connectivity index (χ2v) is 4.94. The maximum Gasteiger partial charge on any atom is 0.261 e. The first kappa shape index (κ1) is 14.5. The first-order chi connectivity index (χ1) is 11.2. The van der Waals surface area contributed by atoms with Crippen molar-refractivity contribution in [2.45, 2.75) is 6.54 Å². The minimum atomic E-state index is -0.362. The van der Waals surface area contributed by atoms with Gasteiger partial charge in [-0.1, -0.05) is 18.2 Å². The van der Waals surface area contributed by atoms with Crippen LogP contribution in [0.1, 0.15) is 5.56 Å². The van der Waals surface area contributed by atoms with E-state index in [1.807, 2.05) is 6.07 Å². The lowest BCUT2D eigenvalue weighted by molar-refractivity contribution is -0.116. The fourth-order valence-electron chi connectivity index (χ4n) is 2.24. The molecule has 112 valence electrons. The maximum atomic E-state index is 12.3. The van der Waals surface area contributed by atoms with E-state index in [2.05, 4.69) is 10.3 Å². The predicted octanol–water partition coefficient (Wildman–Crippen LogP) is 1.91. The summed E-state index contributed by atoms with van der Waals surface area (Å²) in [6.07, 6.45) is 1.36. The van der Waals surface area contributed by atoms with Gasteiger partial charge in [-0.15, -0.1) is 0 Å². The molecule has 0 spiro atoms. The van der Waals surface area contributed by atoms with Crippen LogP contribution in [0.4, 0.5) is 5.69 Å². The SMILES string of the molecule is N#Cc1cccc(NC(=O)Cn2cnc3ccccc3c2=O)c1. The average molecular weight is 304 g/mol. The molecule has 0 saturated heterocycles. The monoisotopic (exact) mass is 304 g/mol. The zero-order valence-corrected chi connectivity index (χ0v) is 12.1. The fraction of sp³-hybridized carbons (Fsp3) is 0.0588. The molecule has 2 aromatic carbocycles. The highest BCUT2D eigenvalue weighted by atomic mass is 16.2. The van der Waals surface area contributed by atoms with Gasteiger partial charge in [0.2, 0.25) is 5.91 Å². The molecule has 1 aromatic heterocycles. The van der Waals surface area contributed by atoms with Gasteiger partial charge in [-0.25, -0.2) is 4.98 Å². The molecule has 0 atom stereocenters. The zero-order chi connectivity index (χ0) is 16.2. The second-order valence-electron chi connectivity index (χ2n) is 4.94. The summed E-state index contributed by atoms with van der Waals surface area (Å²) in [4.78, 5) is 28.6. The summed E-state index contributed by atoms with van der Waals surface area (Å²) in [6.45, 7) is -0.145. The van der Waals surface area contributed by atoms with E-state index in [0.29, 0.717) is 22.2 Å². The van der Waals surface area contributed by atoms with Crippen LogP contribution in [-0.4, -0.2) is 15.5 Å². The maximum absolute atomic E-state index is 12.3. The van der Waals surface area contributed by atoms with Gasteiger partial charge in [0.15, 0.2) is 0 Å². The molecule has 0 aliphatic rings. The summed E-state index contributed by atoms with van der Waals surface area (Å²) in [5.74, 6) is -0.362. The molecule has 6 nitrogen and oxygen atoms in total. The molecule has 23 heavy (non-hydrogen) atoms. The standard InChI is InChI=1S/C17H12N4O2/c18-9-12-4-3-5-13(8-12)20-16(22)10-21-11-19-15-7-2-1-6-14(15)17(21)23/h1-8,11H,10H2,(H,20,22). The van der Waals surface area contributed by atoms with Crippen molar-refractivity contribution in [1.82, 2.24) is 9.55 Å². The first-order valence-corrected chi connectivity index (χ1v) is 6.91. The Hall–Kier alpha value is -3.46. The van der Waals surface area contributed by atoms with Crippen LogP contribution < -0.4 is 10.9 Å². The molecule has 3 rings (SSSR count). The Kier molecular flexibility index (Phi) is 3.85. The van der Waals surface area contributed by atoms with Crippen molar-refractivity contribution in [2.24, 2.45) is 0 Å². The predicted molar refractivity (Wildman–Crippen MR) is 85.8 cm³/mol. The van der Waals surface area contributed by atoms with Crippen molar-refractivity contribution in [1.29, 1.82) is 5.26 Å². The minimum absolute atomic E-state index is 0.145. The van der Waals surface area contributed by atoms with E-state index in [9.17, 15) is 9.59 Å². The Morgan fingerprint density at radius 3 is 2.87 bits per heavy atom. The molecule has 0 saturated carbocycles. The minimum Gasteiger partial charge on any atom is -0.324 e. The van der Waals surface area contributed by atoms with E-state index in [0.717, 1.165) is 0 Å². The Morgan fingerprint density at radius 2 is 2.04 bits per heavy atom. The molecule has 0 bridgehead atoms. The lowest BCUT2D eigenvalue weighted by Gasteiger charge is -2.08. The smallest absolute Gasteiger partial charge is 0.261 e. The normalized spacial score (nSPS) is 10.2. The van der Waals surface area contributed by atoms with Crippen LogP contribution in [0.2, 0.25) is 0 Å². The summed E-state index contributed by atoms with van der Waals surface area (Å²) in [7, 11) is 0. The number of nitrogens with zero attached hydrogens (tertiary/aromatic N) is 3. The van der Waals surface area contributed by atoms with Gasteiger partial charge in [0.1, 0.15) is 6.54 Å². The van der Waals surface area contributed by atoms with Gasteiger partial charge in [-0.05, 0) is 30.3 Å². The van der Waals surface area contributed by atoms with Gasteiger partial charge in [0.05, 0.1) is 28.9 Å². The van der Waals surface area contributed by atoms with Crippen molar-refractivity contribution >= 4 is 22.5 Å². The number of hydrogen-bond acceptors (Lipinski definition) is 4. The molecule has 3 aromatic rings. The van der Waals surface area contributed by atoms with Crippen LogP contribution in [0, 0.1) is 11.3 Å². The molecular formula is C17H12N4O2. The van der Waals surface area contributed by atoms with Gasteiger partial charge in [-0.2, -0.15) is 5.26 Å². The van der Waals surface area contributed by atoms with Gasteiger partial charge in [-0.3, -0.25) is 14.2 Å². The molecular weight excluding hydrogens is 292 g/mol. The van der Waals surface area contributed by atoms with Crippen LogP contribution in [-0.2, 0) is 11.3 Å². The van der Waals surface area contributed by atoms with Crippen molar-refractivity contribution < 1.29 is 4.79 Å². The van der Waals surface area contributed by atoms with Crippen LogP contribution in [0.25, 0.3) is 10.9 Å². The third-order valence-electron chi connectivity index (χ3n) is 3.32. The molecule has 0 aliphatic carbocycles. The van der Waals surface area contributed by atoms with Crippen LogP contribution in [0.5, 0.6) is 0 Å². The van der Waals surface area contributed by atoms with Crippen molar-refractivity contribution in [3.8, 4) is 6.07 Å². The Bertz CT molecular complexity index is 986. The summed E-state index contributed by atoms with van der Waals surface area (Å²) in [5, 5.41) is 12.0. The average Bonchev–Trinajstić information content (AvgIpc) is 2.58. The highest BCUT2D eigenvalue weighted by Crippen LogP contribution is 2.10. The number of aromatic nitrogens is 2. The zero-order valence-electron chi connectivity index (χ0n) is 12.1. The lowest BCUT2D eigenvalue weighted by atomic mass is 10.2. The van der Waals surface area contributed by atoms with Crippen LogP contribution in [0.15, 0.2) is 59.7 Å². The van der Waals surface area contributed by atoms with E-state index in [4.69, 9.17) is 5.26 Å². The van der Waals surface area contributed by atoms with Gasteiger partial charge in [0.25, 0.3) is 5.56 Å². The number of anilines is 1. The third-order valence-corrected chi connectivity index (χ3v) is 3.32. The third kappa shape index (κ3) is 3.09. The van der Waals surface area contributed by atoms with E-state index in [1.165, 1.54) is 10.9 Å². The molecule has 0 fully saturated rings. The molecule has 0 aliphatic heterocycles. The van der Waals surface area contributed by atoms with Gasteiger partial charge in [0, 0.05) is 5.69 Å². The lowest BCUT2D eigenvalue weighted by Crippen LogP contribution is -2.27. The number of nitriles is 1. The number of benzene rings is 2. The first-order valence-electron chi connectivity index (χ1n) is 6.91. The summed E-state index contributed by atoms with van der Waals surface area (Å²) in [5.41, 5.74) is 1.29. The van der Waals surface area contributed by atoms with Gasteiger partial charge < -0.3 is 5.32 Å². The molecule has 1 amide bonds. The van der Waals surface area contributed by atoms with Crippen molar-refractivity contribution in [3.63, 3.8) is 0 Å². The summed E-state index contributed by atoms with van der Waals surface area (Å²) < 4.78 is 1.26. The van der Waals surface area contributed by atoms with E-state index in [1.54, 1.807) is 48.5 Å². The van der Waals surface area contributed by atoms with Crippen molar-refractivity contribution in [3.05, 3.63) is 70.8 Å². The largest absolute Gasteiger partial charge is 0.324 e. The quantitative estimate of drug-likeness (QED) is 0.800. The molecule has 0 radical (unpaired) electrons. The van der Waals surface area contributed by atoms with Gasteiger partial charge >= 0.3 is 0 Å². The Balaban J connectivity index is 1.82. The molecule has 1 N–H and O–H groups in total. The highest BCUT2D eigenvalue weighted by Gasteiger charge is 2.08. The summed E-state index contributed by atoms with van der Waals surface area (Å²) in [6, 6.07) is 15.6. The fourth-order valence-corrected chi connectivity index (χ4v) is 2.24.